The van der Waals surface area contributed by atoms with Gasteiger partial charge in [-0.05, 0) is 43.3 Å². The SMILES string of the molecule is COC(=S)NCC1CN(c2ccc(N3CCN(C(=O)C4(C#N)CC4)CC3)c(F)c2)C(=O)O1. The van der Waals surface area contributed by atoms with Gasteiger partial charge in [0.2, 0.25) is 5.91 Å². The molecule has 1 aromatic carbocycles. The summed E-state index contributed by atoms with van der Waals surface area (Å²) in [6, 6.07) is 6.77. The van der Waals surface area contributed by atoms with Crippen LogP contribution in [0, 0.1) is 22.6 Å². The van der Waals surface area contributed by atoms with Crippen molar-refractivity contribution in [2.24, 2.45) is 5.41 Å². The largest absolute Gasteiger partial charge is 0.474 e. The van der Waals surface area contributed by atoms with Crippen molar-refractivity contribution in [1.29, 1.82) is 5.26 Å². The maximum atomic E-state index is 14.9. The lowest BCUT2D eigenvalue weighted by atomic mass is 10.1. The summed E-state index contributed by atoms with van der Waals surface area (Å²) < 4.78 is 25.1. The smallest absolute Gasteiger partial charge is 0.414 e. The van der Waals surface area contributed by atoms with Gasteiger partial charge in [0.15, 0.2) is 0 Å². The van der Waals surface area contributed by atoms with E-state index >= 15 is 0 Å². The van der Waals surface area contributed by atoms with E-state index in [1.54, 1.807) is 17.0 Å². The third-order valence-corrected chi connectivity index (χ3v) is 6.37. The fourth-order valence-corrected chi connectivity index (χ4v) is 4.06. The highest BCUT2D eigenvalue weighted by molar-refractivity contribution is 7.80. The molecular weight excluding hydrogens is 437 g/mol. The number of piperazine rings is 1. The van der Waals surface area contributed by atoms with Crippen molar-refractivity contribution >= 4 is 40.8 Å². The van der Waals surface area contributed by atoms with Crippen LogP contribution in [0.1, 0.15) is 12.8 Å². The van der Waals surface area contributed by atoms with E-state index in [2.05, 4.69) is 11.4 Å². The number of nitrogens with zero attached hydrogens (tertiary/aromatic N) is 4. The number of methoxy groups -OCH3 is 1. The minimum Gasteiger partial charge on any atom is -0.474 e. The molecule has 2 saturated heterocycles. The summed E-state index contributed by atoms with van der Waals surface area (Å²) in [4.78, 5) is 29.7. The van der Waals surface area contributed by atoms with Crippen molar-refractivity contribution in [3.63, 3.8) is 0 Å². The monoisotopic (exact) mass is 461 g/mol. The Morgan fingerprint density at radius 2 is 2.09 bits per heavy atom. The first kappa shape index (κ1) is 22.1. The Balaban J connectivity index is 1.36. The van der Waals surface area contributed by atoms with Gasteiger partial charge in [-0.1, -0.05) is 0 Å². The van der Waals surface area contributed by atoms with Gasteiger partial charge in [-0.15, -0.1) is 0 Å². The number of amides is 2. The minimum absolute atomic E-state index is 0.113. The van der Waals surface area contributed by atoms with Gasteiger partial charge in [0.05, 0.1) is 37.6 Å². The first-order valence-electron chi connectivity index (χ1n) is 10.4. The molecule has 9 nitrogen and oxygen atoms in total. The first-order chi connectivity index (χ1) is 15.4. The highest BCUT2D eigenvalue weighted by Crippen LogP contribution is 2.46. The van der Waals surface area contributed by atoms with E-state index < -0.39 is 23.4 Å². The molecule has 1 saturated carbocycles. The molecule has 11 heteroatoms. The van der Waals surface area contributed by atoms with Crippen molar-refractivity contribution in [3.05, 3.63) is 24.0 Å². The summed E-state index contributed by atoms with van der Waals surface area (Å²) in [6.45, 7) is 2.40. The number of hydrogen-bond donors (Lipinski definition) is 1. The van der Waals surface area contributed by atoms with E-state index in [0.717, 1.165) is 0 Å². The number of ether oxygens (including phenoxy) is 2. The van der Waals surface area contributed by atoms with E-state index in [9.17, 15) is 19.2 Å². The Morgan fingerprint density at radius 3 is 2.69 bits per heavy atom. The van der Waals surface area contributed by atoms with Crippen LogP contribution in [0.15, 0.2) is 18.2 Å². The summed E-state index contributed by atoms with van der Waals surface area (Å²) in [5, 5.41) is 12.3. The Morgan fingerprint density at radius 1 is 1.38 bits per heavy atom. The van der Waals surface area contributed by atoms with Gasteiger partial charge < -0.3 is 24.6 Å². The molecule has 1 unspecified atom stereocenters. The zero-order chi connectivity index (χ0) is 22.9. The van der Waals surface area contributed by atoms with Crippen LogP contribution in [-0.2, 0) is 14.3 Å². The number of anilines is 2. The maximum Gasteiger partial charge on any atom is 0.414 e. The molecule has 32 heavy (non-hydrogen) atoms. The molecule has 1 aliphatic carbocycles. The molecule has 170 valence electrons. The Labute approximate surface area is 190 Å². The second-order valence-electron chi connectivity index (χ2n) is 8.10. The summed E-state index contributed by atoms with van der Waals surface area (Å²) in [6.07, 6.45) is 0.249. The lowest BCUT2D eigenvalue weighted by Gasteiger charge is -2.37. The third-order valence-electron chi connectivity index (χ3n) is 6.06. The second-order valence-corrected chi connectivity index (χ2v) is 8.47. The molecule has 2 aliphatic heterocycles. The number of benzene rings is 1. The molecule has 4 rings (SSSR count). The lowest BCUT2D eigenvalue weighted by Crippen LogP contribution is -2.51. The van der Waals surface area contributed by atoms with Crippen LogP contribution in [0.25, 0.3) is 0 Å². The van der Waals surface area contributed by atoms with Gasteiger partial charge in [0.1, 0.15) is 17.3 Å². The molecule has 0 radical (unpaired) electrons. The predicted molar refractivity (Wildman–Crippen MR) is 118 cm³/mol. The number of carbonyl (C=O) groups is 2. The Bertz CT molecular complexity index is 971. The predicted octanol–water partition coefficient (Wildman–Crippen LogP) is 1.62. The summed E-state index contributed by atoms with van der Waals surface area (Å²) in [7, 11) is 1.44. The van der Waals surface area contributed by atoms with Gasteiger partial charge in [0, 0.05) is 26.2 Å². The average Bonchev–Trinajstić information content (AvgIpc) is 3.53. The molecule has 3 fully saturated rings. The molecule has 1 N–H and O–H groups in total. The number of nitrogens with one attached hydrogen (secondary N) is 1. The van der Waals surface area contributed by atoms with Crippen LogP contribution in [0.2, 0.25) is 0 Å². The zero-order valence-corrected chi connectivity index (χ0v) is 18.5. The highest BCUT2D eigenvalue weighted by atomic mass is 32.1. The number of nitriles is 1. The Hall–Kier alpha value is -3.13. The summed E-state index contributed by atoms with van der Waals surface area (Å²) in [5.41, 5.74) is -0.00794. The average molecular weight is 462 g/mol. The minimum atomic E-state index is -0.832. The van der Waals surface area contributed by atoms with Crippen molar-refractivity contribution in [1.82, 2.24) is 10.2 Å². The van der Waals surface area contributed by atoms with Crippen LogP contribution >= 0.6 is 12.2 Å². The number of cyclic esters (lactones) is 1. The third kappa shape index (κ3) is 4.27. The number of thiocarbonyl (C=S) groups is 1. The van der Waals surface area contributed by atoms with E-state index in [4.69, 9.17) is 21.7 Å². The molecule has 0 spiro atoms. The Kier molecular flexibility index (Phi) is 6.06. The molecule has 2 heterocycles. The quantitative estimate of drug-likeness (QED) is 0.661. The zero-order valence-electron chi connectivity index (χ0n) is 17.7. The molecule has 1 atom stereocenters. The fraction of sp³-hybridized carbons (Fsp3) is 0.524. The normalized spacial score (nSPS) is 21.6. The van der Waals surface area contributed by atoms with Gasteiger partial charge in [0.25, 0.3) is 5.17 Å². The molecule has 1 aromatic rings. The number of carbonyl (C=O) groups excluding carboxylic acids is 2. The molecule has 0 aromatic heterocycles. The topological polar surface area (TPSA) is 98.1 Å². The van der Waals surface area contributed by atoms with Crippen LogP contribution in [0.4, 0.5) is 20.6 Å². The fourth-order valence-electron chi connectivity index (χ4n) is 3.98. The number of rotatable bonds is 5. The summed E-state index contributed by atoms with van der Waals surface area (Å²) >= 11 is 4.91. The maximum absolute atomic E-state index is 14.9. The molecule has 2 amide bonds. The molecular formula is C21H24FN5O4S. The number of hydrogen-bond acceptors (Lipinski definition) is 7. The van der Waals surface area contributed by atoms with Gasteiger partial charge in [-0.3, -0.25) is 9.69 Å². The highest BCUT2D eigenvalue weighted by Gasteiger charge is 2.52. The van der Waals surface area contributed by atoms with Gasteiger partial charge in [-0.2, -0.15) is 5.26 Å². The molecule has 0 bridgehead atoms. The number of halogens is 1. The van der Waals surface area contributed by atoms with Gasteiger partial charge in [-0.25, -0.2) is 9.18 Å². The lowest BCUT2D eigenvalue weighted by molar-refractivity contribution is -0.135. The van der Waals surface area contributed by atoms with E-state index in [0.29, 0.717) is 56.9 Å². The van der Waals surface area contributed by atoms with Gasteiger partial charge >= 0.3 is 6.09 Å². The standard InChI is InChI=1S/C21H24FN5O4S/c1-30-19(32)24-11-15-12-27(20(29)31-15)14-2-3-17(16(22)10-14)25-6-8-26(9-7-25)18(28)21(13-23)4-5-21/h2-3,10,15H,4-9,11-12H2,1H3,(H,24,32). The summed E-state index contributed by atoms with van der Waals surface area (Å²) in [5.74, 6) is -0.564. The van der Waals surface area contributed by atoms with Crippen molar-refractivity contribution in [2.75, 3.05) is 56.2 Å². The molecule has 3 aliphatic rings. The van der Waals surface area contributed by atoms with E-state index in [1.807, 2.05) is 4.90 Å². The van der Waals surface area contributed by atoms with Crippen molar-refractivity contribution in [3.8, 4) is 6.07 Å². The van der Waals surface area contributed by atoms with Crippen LogP contribution in [0.5, 0.6) is 0 Å². The van der Waals surface area contributed by atoms with Crippen LogP contribution < -0.4 is 15.1 Å². The van der Waals surface area contributed by atoms with Crippen LogP contribution in [-0.4, -0.2) is 74.6 Å². The van der Waals surface area contributed by atoms with Crippen LogP contribution in [0.3, 0.4) is 0 Å². The van der Waals surface area contributed by atoms with Crippen molar-refractivity contribution < 1.29 is 23.5 Å². The van der Waals surface area contributed by atoms with E-state index in [1.165, 1.54) is 18.1 Å². The van der Waals surface area contributed by atoms with Crippen molar-refractivity contribution in [2.45, 2.75) is 18.9 Å². The second kappa shape index (κ2) is 8.78. The first-order valence-corrected chi connectivity index (χ1v) is 10.8. The van der Waals surface area contributed by atoms with E-state index in [-0.39, 0.29) is 17.6 Å².